The molecule has 0 radical (unpaired) electrons. The molecule has 0 aliphatic heterocycles. The summed E-state index contributed by atoms with van der Waals surface area (Å²) in [6, 6.07) is 6.65. The van der Waals surface area contributed by atoms with Gasteiger partial charge in [0.2, 0.25) is 0 Å². The third kappa shape index (κ3) is 3.96. The van der Waals surface area contributed by atoms with Crippen molar-refractivity contribution in [3.8, 4) is 5.75 Å². The Hall–Kier alpha value is -1.55. The fourth-order valence-electron chi connectivity index (χ4n) is 2.00. The van der Waals surface area contributed by atoms with Crippen molar-refractivity contribution in [2.75, 3.05) is 0 Å². The molecule has 3 N–H and O–H groups in total. The van der Waals surface area contributed by atoms with Crippen LogP contribution in [0.15, 0.2) is 18.2 Å². The number of nitrogens with one attached hydrogen (secondary N) is 1. The third-order valence-electron chi connectivity index (χ3n) is 3.33. The Labute approximate surface area is 114 Å². The number of hydrogen-bond donors (Lipinski definition) is 2. The predicted molar refractivity (Wildman–Crippen MR) is 74.9 cm³/mol. The van der Waals surface area contributed by atoms with Gasteiger partial charge in [-0.15, -0.1) is 0 Å². The van der Waals surface area contributed by atoms with Gasteiger partial charge in [0.1, 0.15) is 5.75 Å². The van der Waals surface area contributed by atoms with Crippen molar-refractivity contribution in [3.05, 3.63) is 29.3 Å². The molecule has 1 aliphatic rings. The van der Waals surface area contributed by atoms with Crippen LogP contribution in [0.5, 0.6) is 5.75 Å². The Morgan fingerprint density at radius 2 is 2.26 bits per heavy atom. The molecular formula is C15H22N2O2. The first-order chi connectivity index (χ1) is 9.10. The van der Waals surface area contributed by atoms with Crippen LogP contribution in [0.1, 0.15) is 37.3 Å². The molecule has 1 aromatic rings. The quantitative estimate of drug-likeness (QED) is 0.788. The van der Waals surface area contributed by atoms with E-state index >= 15 is 0 Å². The third-order valence-corrected chi connectivity index (χ3v) is 3.33. The lowest BCUT2D eigenvalue weighted by Gasteiger charge is -2.18. The van der Waals surface area contributed by atoms with Gasteiger partial charge >= 0.3 is 0 Å². The van der Waals surface area contributed by atoms with Crippen LogP contribution >= 0.6 is 0 Å². The van der Waals surface area contributed by atoms with Gasteiger partial charge in [-0.3, -0.25) is 4.79 Å². The van der Waals surface area contributed by atoms with Crippen LogP contribution in [-0.4, -0.2) is 18.1 Å². The molecule has 4 heteroatoms. The molecule has 1 atom stereocenters. The first-order valence-corrected chi connectivity index (χ1v) is 6.89. The lowest BCUT2D eigenvalue weighted by molar-refractivity contribution is -0.124. The van der Waals surface area contributed by atoms with Gasteiger partial charge in [0.25, 0.3) is 5.91 Å². The number of carbonyl (C=O) groups excluding carboxylic acids is 1. The lowest BCUT2D eigenvalue weighted by atomic mass is 10.1. The highest BCUT2D eigenvalue weighted by atomic mass is 16.5. The first-order valence-electron chi connectivity index (χ1n) is 6.89. The fraction of sp³-hybridized carbons (Fsp3) is 0.533. The molecule has 1 fully saturated rings. The second-order valence-corrected chi connectivity index (χ2v) is 5.18. The number of benzene rings is 1. The Balaban J connectivity index is 2.10. The molecular weight excluding hydrogens is 240 g/mol. The number of carbonyl (C=O) groups is 1. The fourth-order valence-corrected chi connectivity index (χ4v) is 2.00. The summed E-state index contributed by atoms with van der Waals surface area (Å²) in [5, 5.41) is 3.46. The van der Waals surface area contributed by atoms with Gasteiger partial charge in [0.15, 0.2) is 6.10 Å². The van der Waals surface area contributed by atoms with Crippen LogP contribution in [0.3, 0.4) is 0 Å². The summed E-state index contributed by atoms with van der Waals surface area (Å²) in [7, 11) is 0. The normalized spacial score (nSPS) is 16.1. The average Bonchev–Trinajstić information content (AvgIpc) is 3.18. The summed E-state index contributed by atoms with van der Waals surface area (Å²) < 4.78 is 5.75. The molecule has 1 amide bonds. The number of nitrogens with two attached hydrogens (primary N) is 1. The van der Waals surface area contributed by atoms with E-state index in [2.05, 4.69) is 18.3 Å². The Morgan fingerprint density at radius 3 is 2.84 bits per heavy atom. The van der Waals surface area contributed by atoms with Crippen molar-refractivity contribution in [3.63, 3.8) is 0 Å². The number of primary amides is 1. The number of amides is 1. The summed E-state index contributed by atoms with van der Waals surface area (Å²) in [5.74, 6) is 0.341. The van der Waals surface area contributed by atoms with Gasteiger partial charge in [-0.1, -0.05) is 24.6 Å². The predicted octanol–water partition coefficient (Wildman–Crippen LogP) is 1.89. The van der Waals surface area contributed by atoms with E-state index < -0.39 is 12.0 Å². The van der Waals surface area contributed by atoms with Crippen molar-refractivity contribution in [2.24, 2.45) is 5.73 Å². The van der Waals surface area contributed by atoms with Gasteiger partial charge in [-0.2, -0.15) is 0 Å². The molecule has 2 rings (SSSR count). The summed E-state index contributed by atoms with van der Waals surface area (Å²) in [4.78, 5) is 11.3. The van der Waals surface area contributed by atoms with Gasteiger partial charge < -0.3 is 15.8 Å². The molecule has 4 nitrogen and oxygen atoms in total. The second-order valence-electron chi connectivity index (χ2n) is 5.18. The minimum absolute atomic E-state index is 0.413. The molecule has 0 aromatic heterocycles. The van der Waals surface area contributed by atoms with E-state index in [1.165, 1.54) is 18.4 Å². The number of aryl methyl sites for hydroxylation is 1. The van der Waals surface area contributed by atoms with Crippen LogP contribution in [-0.2, 0) is 11.3 Å². The summed E-state index contributed by atoms with van der Waals surface area (Å²) in [6.45, 7) is 4.72. The van der Waals surface area contributed by atoms with E-state index in [4.69, 9.17) is 10.5 Å². The molecule has 0 spiro atoms. The van der Waals surface area contributed by atoms with E-state index in [0.717, 1.165) is 17.9 Å². The maximum atomic E-state index is 11.3. The van der Waals surface area contributed by atoms with Crippen LogP contribution < -0.4 is 15.8 Å². The van der Waals surface area contributed by atoms with Crippen molar-refractivity contribution < 1.29 is 9.53 Å². The van der Waals surface area contributed by atoms with E-state index in [1.807, 2.05) is 19.1 Å². The summed E-state index contributed by atoms with van der Waals surface area (Å²) in [6.07, 6.45) is 2.53. The highest BCUT2D eigenvalue weighted by Gasteiger charge is 2.21. The van der Waals surface area contributed by atoms with Gasteiger partial charge in [0, 0.05) is 18.2 Å². The van der Waals surface area contributed by atoms with Crippen molar-refractivity contribution in [1.29, 1.82) is 0 Å². The van der Waals surface area contributed by atoms with E-state index in [1.54, 1.807) is 0 Å². The zero-order valence-corrected chi connectivity index (χ0v) is 11.6. The van der Waals surface area contributed by atoms with Crippen molar-refractivity contribution in [2.45, 2.75) is 51.8 Å². The molecule has 0 saturated heterocycles. The van der Waals surface area contributed by atoms with E-state index in [0.29, 0.717) is 12.5 Å². The zero-order valence-electron chi connectivity index (χ0n) is 11.6. The number of hydrogen-bond acceptors (Lipinski definition) is 3. The monoisotopic (exact) mass is 262 g/mol. The Kier molecular flexibility index (Phi) is 4.43. The zero-order chi connectivity index (χ0) is 13.8. The molecule has 1 aromatic carbocycles. The molecule has 19 heavy (non-hydrogen) atoms. The summed E-state index contributed by atoms with van der Waals surface area (Å²) >= 11 is 0. The lowest BCUT2D eigenvalue weighted by Crippen LogP contribution is -2.33. The molecule has 1 aliphatic carbocycles. The van der Waals surface area contributed by atoms with Crippen molar-refractivity contribution in [1.82, 2.24) is 5.32 Å². The van der Waals surface area contributed by atoms with Gasteiger partial charge in [-0.05, 0) is 32.3 Å². The summed E-state index contributed by atoms with van der Waals surface area (Å²) in [5.41, 5.74) is 7.60. The molecule has 104 valence electrons. The SMILES string of the molecule is CCC(Oc1ccc(C)cc1CNC1CC1)C(N)=O. The Bertz CT molecular complexity index is 455. The van der Waals surface area contributed by atoms with Gasteiger partial charge in [0.05, 0.1) is 0 Å². The smallest absolute Gasteiger partial charge is 0.258 e. The Morgan fingerprint density at radius 1 is 1.53 bits per heavy atom. The maximum Gasteiger partial charge on any atom is 0.258 e. The van der Waals surface area contributed by atoms with Crippen molar-refractivity contribution >= 4 is 5.91 Å². The second kappa shape index (κ2) is 6.06. The molecule has 0 heterocycles. The molecule has 1 saturated carbocycles. The van der Waals surface area contributed by atoms with Crippen LogP contribution in [0.4, 0.5) is 0 Å². The van der Waals surface area contributed by atoms with Gasteiger partial charge in [-0.25, -0.2) is 0 Å². The van der Waals surface area contributed by atoms with E-state index in [9.17, 15) is 4.79 Å². The average molecular weight is 262 g/mol. The molecule has 1 unspecified atom stereocenters. The minimum Gasteiger partial charge on any atom is -0.480 e. The van der Waals surface area contributed by atoms with Crippen LogP contribution in [0.2, 0.25) is 0 Å². The minimum atomic E-state index is -0.553. The van der Waals surface area contributed by atoms with Crippen LogP contribution in [0.25, 0.3) is 0 Å². The van der Waals surface area contributed by atoms with Crippen LogP contribution in [0, 0.1) is 6.92 Å². The topological polar surface area (TPSA) is 64.3 Å². The largest absolute Gasteiger partial charge is 0.480 e. The first kappa shape index (κ1) is 13.9. The number of rotatable bonds is 7. The molecule has 0 bridgehead atoms. The standard InChI is InChI=1S/C15H22N2O2/c1-3-13(15(16)18)19-14-7-4-10(2)8-11(14)9-17-12-5-6-12/h4,7-8,12-13,17H,3,5-6,9H2,1-2H3,(H2,16,18). The maximum absolute atomic E-state index is 11.3. The highest BCUT2D eigenvalue weighted by Crippen LogP contribution is 2.24. The highest BCUT2D eigenvalue weighted by molar-refractivity contribution is 5.79. The number of ether oxygens (including phenoxy) is 1. The van der Waals surface area contributed by atoms with E-state index in [-0.39, 0.29) is 0 Å².